The van der Waals surface area contributed by atoms with Crippen LogP contribution in [0.3, 0.4) is 0 Å². The number of aryl methyl sites for hydroxylation is 1. The van der Waals surface area contributed by atoms with Crippen molar-refractivity contribution in [2.24, 2.45) is 0 Å². The van der Waals surface area contributed by atoms with Crippen LogP contribution in [-0.4, -0.2) is 31.6 Å². The number of hydrogen-bond donors (Lipinski definition) is 2. The van der Waals surface area contributed by atoms with Crippen molar-refractivity contribution in [1.29, 1.82) is 0 Å². The molecule has 84 valence electrons. The van der Waals surface area contributed by atoms with Crippen LogP contribution >= 0.6 is 0 Å². The maximum Gasteiger partial charge on any atom is 0.356 e. The van der Waals surface area contributed by atoms with E-state index in [1.807, 2.05) is 6.92 Å². The Kier molecular flexibility index (Phi) is 3.14. The zero-order chi connectivity index (χ0) is 11.6. The summed E-state index contributed by atoms with van der Waals surface area (Å²) in [6.07, 6.45) is 0.390. The molecular weight excluding hydrogens is 196 g/mol. The molecule has 0 aliphatic carbocycles. The van der Waals surface area contributed by atoms with Crippen molar-refractivity contribution >= 4 is 5.97 Å². The maximum absolute atomic E-state index is 10.7. The quantitative estimate of drug-likeness (QED) is 0.778. The molecule has 0 atom stereocenters. The van der Waals surface area contributed by atoms with E-state index in [9.17, 15) is 9.90 Å². The van der Waals surface area contributed by atoms with Crippen LogP contribution in [0.4, 0.5) is 0 Å². The van der Waals surface area contributed by atoms with Gasteiger partial charge in [0.2, 0.25) is 0 Å². The molecule has 0 aliphatic heterocycles. The van der Waals surface area contributed by atoms with Crippen LogP contribution in [-0.2, 0) is 13.0 Å². The predicted octanol–water partition coefficient (Wildman–Crippen LogP) is 0.915. The van der Waals surface area contributed by atoms with Crippen LogP contribution in [0.15, 0.2) is 6.07 Å². The molecular formula is C10H16N2O3. The van der Waals surface area contributed by atoms with Crippen molar-refractivity contribution in [3.8, 4) is 0 Å². The molecule has 1 rings (SSSR count). The molecule has 0 saturated heterocycles. The van der Waals surface area contributed by atoms with Gasteiger partial charge in [0.1, 0.15) is 0 Å². The monoisotopic (exact) mass is 212 g/mol. The van der Waals surface area contributed by atoms with Crippen LogP contribution in [0.5, 0.6) is 0 Å². The molecule has 0 unspecified atom stereocenters. The summed E-state index contributed by atoms with van der Waals surface area (Å²) in [5.41, 5.74) is -0.0959. The van der Waals surface area contributed by atoms with E-state index in [0.29, 0.717) is 13.0 Å². The Hall–Kier alpha value is -1.36. The van der Waals surface area contributed by atoms with Crippen molar-refractivity contribution in [3.05, 3.63) is 17.5 Å². The van der Waals surface area contributed by atoms with Crippen molar-refractivity contribution in [1.82, 2.24) is 9.78 Å². The van der Waals surface area contributed by atoms with Crippen molar-refractivity contribution in [3.63, 3.8) is 0 Å². The minimum Gasteiger partial charge on any atom is -0.476 e. The topological polar surface area (TPSA) is 75.4 Å². The molecule has 0 radical (unpaired) electrons. The summed E-state index contributed by atoms with van der Waals surface area (Å²) in [4.78, 5) is 10.7. The number of carboxylic acid groups (broad SMARTS) is 1. The first-order valence-corrected chi connectivity index (χ1v) is 4.86. The third-order valence-electron chi connectivity index (χ3n) is 2.00. The highest BCUT2D eigenvalue weighted by Gasteiger charge is 2.19. The number of carboxylic acids is 1. The summed E-state index contributed by atoms with van der Waals surface area (Å²) >= 11 is 0. The van der Waals surface area contributed by atoms with Gasteiger partial charge >= 0.3 is 5.97 Å². The lowest BCUT2D eigenvalue weighted by Crippen LogP contribution is -2.23. The van der Waals surface area contributed by atoms with Gasteiger partial charge < -0.3 is 10.2 Å². The highest BCUT2D eigenvalue weighted by molar-refractivity contribution is 5.85. The van der Waals surface area contributed by atoms with Gasteiger partial charge in [-0.05, 0) is 26.8 Å². The number of aromatic nitrogens is 2. The Labute approximate surface area is 88.3 Å². The first-order valence-electron chi connectivity index (χ1n) is 4.86. The largest absolute Gasteiger partial charge is 0.476 e. The van der Waals surface area contributed by atoms with Crippen molar-refractivity contribution < 1.29 is 15.0 Å². The zero-order valence-electron chi connectivity index (χ0n) is 9.19. The molecule has 5 heteroatoms. The average molecular weight is 212 g/mol. The zero-order valence-corrected chi connectivity index (χ0v) is 9.19. The number of rotatable bonds is 4. The third-order valence-corrected chi connectivity index (χ3v) is 2.00. The van der Waals surface area contributed by atoms with Crippen LogP contribution < -0.4 is 0 Å². The van der Waals surface area contributed by atoms with Gasteiger partial charge in [-0.3, -0.25) is 4.68 Å². The number of nitrogens with zero attached hydrogens (tertiary/aromatic N) is 2. The van der Waals surface area contributed by atoms with Gasteiger partial charge in [0.05, 0.1) is 5.60 Å². The minimum absolute atomic E-state index is 0.0242. The Morgan fingerprint density at radius 1 is 1.60 bits per heavy atom. The lowest BCUT2D eigenvalue weighted by molar-refractivity contribution is 0.0688. The third kappa shape index (κ3) is 3.06. The number of hydrogen-bond acceptors (Lipinski definition) is 3. The number of aromatic carboxylic acids is 1. The normalized spacial score (nSPS) is 11.7. The highest BCUT2D eigenvalue weighted by atomic mass is 16.4. The van der Waals surface area contributed by atoms with Crippen LogP contribution in [0.1, 0.15) is 37.0 Å². The fourth-order valence-corrected chi connectivity index (χ4v) is 1.42. The fraction of sp³-hybridized carbons (Fsp3) is 0.600. The average Bonchev–Trinajstić information content (AvgIpc) is 2.44. The molecule has 0 saturated carbocycles. The van der Waals surface area contributed by atoms with E-state index in [4.69, 9.17) is 5.11 Å². The van der Waals surface area contributed by atoms with E-state index in [1.54, 1.807) is 18.5 Å². The van der Waals surface area contributed by atoms with E-state index in [1.165, 1.54) is 6.07 Å². The second-order valence-corrected chi connectivity index (χ2v) is 4.13. The van der Waals surface area contributed by atoms with Gasteiger partial charge in [-0.2, -0.15) is 5.10 Å². The summed E-state index contributed by atoms with van der Waals surface area (Å²) < 4.78 is 1.60. The van der Waals surface area contributed by atoms with Crippen LogP contribution in [0.25, 0.3) is 0 Å². The van der Waals surface area contributed by atoms with Crippen molar-refractivity contribution in [2.75, 3.05) is 0 Å². The first-order chi connectivity index (χ1) is 6.83. The summed E-state index contributed by atoms with van der Waals surface area (Å²) in [5, 5.41) is 22.3. The molecule has 2 N–H and O–H groups in total. The molecule has 0 amide bonds. The van der Waals surface area contributed by atoms with Gasteiger partial charge in [0.25, 0.3) is 0 Å². The fourth-order valence-electron chi connectivity index (χ4n) is 1.42. The highest BCUT2D eigenvalue weighted by Crippen LogP contribution is 2.14. The van der Waals surface area contributed by atoms with E-state index < -0.39 is 11.6 Å². The van der Waals surface area contributed by atoms with E-state index >= 15 is 0 Å². The Bertz CT molecular complexity index is 363. The van der Waals surface area contributed by atoms with Gasteiger partial charge in [0.15, 0.2) is 5.69 Å². The molecule has 1 aromatic heterocycles. The van der Waals surface area contributed by atoms with Crippen LogP contribution in [0, 0.1) is 0 Å². The summed E-state index contributed by atoms with van der Waals surface area (Å²) in [6.45, 7) is 5.84. The second kappa shape index (κ2) is 4.02. The van der Waals surface area contributed by atoms with Gasteiger partial charge in [0, 0.05) is 18.7 Å². The molecule has 0 fully saturated rings. The molecule has 0 aromatic carbocycles. The molecule has 0 aliphatic rings. The smallest absolute Gasteiger partial charge is 0.356 e. The second-order valence-electron chi connectivity index (χ2n) is 4.13. The summed E-state index contributed by atoms with van der Waals surface area (Å²) in [5.74, 6) is -1.04. The molecule has 1 heterocycles. The Balaban J connectivity index is 3.01. The van der Waals surface area contributed by atoms with Crippen LogP contribution in [0.2, 0.25) is 0 Å². The van der Waals surface area contributed by atoms with Crippen molar-refractivity contribution in [2.45, 2.75) is 39.3 Å². The van der Waals surface area contributed by atoms with Gasteiger partial charge in [-0.25, -0.2) is 4.79 Å². The summed E-state index contributed by atoms with van der Waals surface area (Å²) in [6, 6.07) is 1.50. The lowest BCUT2D eigenvalue weighted by Gasteiger charge is -2.17. The van der Waals surface area contributed by atoms with E-state index in [-0.39, 0.29) is 5.69 Å². The first kappa shape index (κ1) is 11.7. The number of aliphatic hydroxyl groups is 1. The van der Waals surface area contributed by atoms with Gasteiger partial charge in [-0.1, -0.05) is 0 Å². The van der Waals surface area contributed by atoms with E-state index in [0.717, 1.165) is 5.69 Å². The predicted molar refractivity (Wildman–Crippen MR) is 54.9 cm³/mol. The molecule has 1 aromatic rings. The molecule has 0 spiro atoms. The van der Waals surface area contributed by atoms with E-state index in [2.05, 4.69) is 5.10 Å². The lowest BCUT2D eigenvalue weighted by atomic mass is 10.0. The Morgan fingerprint density at radius 3 is 2.60 bits per heavy atom. The minimum atomic E-state index is -1.04. The molecule has 15 heavy (non-hydrogen) atoms. The molecule has 0 bridgehead atoms. The molecule has 5 nitrogen and oxygen atoms in total. The number of carbonyl (C=O) groups is 1. The Morgan fingerprint density at radius 2 is 2.20 bits per heavy atom. The summed E-state index contributed by atoms with van der Waals surface area (Å²) in [7, 11) is 0. The van der Waals surface area contributed by atoms with Gasteiger partial charge in [-0.15, -0.1) is 0 Å². The standard InChI is InChI=1S/C10H16N2O3/c1-4-12-7(6-10(2,3)15)5-8(11-12)9(13)14/h5,15H,4,6H2,1-3H3,(H,13,14). The maximum atomic E-state index is 10.7. The SMILES string of the molecule is CCn1nc(C(=O)O)cc1CC(C)(C)O.